The lowest BCUT2D eigenvalue weighted by Gasteiger charge is -2.20. The van der Waals surface area contributed by atoms with Gasteiger partial charge in [0.1, 0.15) is 0 Å². The lowest BCUT2D eigenvalue weighted by Crippen LogP contribution is -2.15. The zero-order valence-corrected chi connectivity index (χ0v) is 11.3. The molecule has 1 aliphatic carbocycles. The minimum Gasteiger partial charge on any atom is -0.289 e. The first-order valence-corrected chi connectivity index (χ1v) is 6.89. The molecule has 0 heterocycles. The van der Waals surface area contributed by atoms with Crippen LogP contribution in [0.4, 0.5) is 0 Å². The highest BCUT2D eigenvalue weighted by Gasteiger charge is 2.24. The highest BCUT2D eigenvalue weighted by atomic mass is 16.1. The normalized spacial score (nSPS) is 13.2. The summed E-state index contributed by atoms with van der Waals surface area (Å²) in [5, 5.41) is 2.21. The van der Waals surface area contributed by atoms with Gasteiger partial charge in [-0.2, -0.15) is 0 Å². The molecular weight excluding hydrogens is 244 g/mol. The standard InChI is InChI=1S/C19H14O/c1-12-6-7-14-11-15-9-8-13-4-2-3-5-16(13)18(15)19(20)17(14)10-12/h2-10H,11H2,1H3. The van der Waals surface area contributed by atoms with Crippen LogP contribution in [-0.2, 0) is 6.42 Å². The van der Waals surface area contributed by atoms with Gasteiger partial charge in [0, 0.05) is 11.1 Å². The summed E-state index contributed by atoms with van der Waals surface area (Å²) >= 11 is 0. The van der Waals surface area contributed by atoms with Gasteiger partial charge in [0.05, 0.1) is 0 Å². The maximum atomic E-state index is 12.9. The number of rotatable bonds is 0. The number of aryl methyl sites for hydroxylation is 1. The monoisotopic (exact) mass is 258 g/mol. The van der Waals surface area contributed by atoms with Gasteiger partial charge < -0.3 is 0 Å². The second-order valence-electron chi connectivity index (χ2n) is 5.49. The second kappa shape index (κ2) is 4.04. The number of hydrogen-bond acceptors (Lipinski definition) is 1. The summed E-state index contributed by atoms with van der Waals surface area (Å²) in [5.41, 5.74) is 5.18. The van der Waals surface area contributed by atoms with E-state index in [2.05, 4.69) is 30.3 Å². The van der Waals surface area contributed by atoms with E-state index in [0.29, 0.717) is 0 Å². The molecule has 0 fully saturated rings. The average Bonchev–Trinajstić information content (AvgIpc) is 2.48. The van der Waals surface area contributed by atoms with Crippen LogP contribution in [0.5, 0.6) is 0 Å². The van der Waals surface area contributed by atoms with Crippen molar-refractivity contribution in [3.63, 3.8) is 0 Å². The van der Waals surface area contributed by atoms with Crippen LogP contribution in [0, 0.1) is 6.92 Å². The predicted octanol–water partition coefficient (Wildman–Crippen LogP) is 4.28. The van der Waals surface area contributed by atoms with E-state index in [-0.39, 0.29) is 5.78 Å². The summed E-state index contributed by atoms with van der Waals surface area (Å²) in [6.07, 6.45) is 0.849. The lowest BCUT2D eigenvalue weighted by molar-refractivity contribution is 0.103. The Morgan fingerprint density at radius 2 is 1.70 bits per heavy atom. The molecule has 0 atom stereocenters. The van der Waals surface area contributed by atoms with Gasteiger partial charge in [0.25, 0.3) is 0 Å². The highest BCUT2D eigenvalue weighted by Crippen LogP contribution is 2.32. The van der Waals surface area contributed by atoms with E-state index in [1.165, 1.54) is 0 Å². The Bertz CT molecular complexity index is 859. The largest absolute Gasteiger partial charge is 0.289 e. The Kier molecular flexibility index (Phi) is 2.31. The van der Waals surface area contributed by atoms with Crippen molar-refractivity contribution in [2.75, 3.05) is 0 Å². The number of benzene rings is 3. The molecule has 1 aliphatic rings. The molecule has 1 heteroatoms. The van der Waals surface area contributed by atoms with Crippen LogP contribution >= 0.6 is 0 Å². The van der Waals surface area contributed by atoms with Crippen LogP contribution in [0.2, 0.25) is 0 Å². The van der Waals surface area contributed by atoms with Gasteiger partial charge in [-0.15, -0.1) is 0 Å². The van der Waals surface area contributed by atoms with Gasteiger partial charge in [0.15, 0.2) is 5.78 Å². The van der Waals surface area contributed by atoms with Crippen molar-refractivity contribution in [1.82, 2.24) is 0 Å². The number of hydrogen-bond donors (Lipinski definition) is 0. The van der Waals surface area contributed by atoms with Crippen molar-refractivity contribution in [1.29, 1.82) is 0 Å². The Morgan fingerprint density at radius 3 is 2.60 bits per heavy atom. The van der Waals surface area contributed by atoms with Crippen molar-refractivity contribution in [2.45, 2.75) is 13.3 Å². The van der Waals surface area contributed by atoms with E-state index in [1.54, 1.807) is 0 Å². The third-order valence-electron chi connectivity index (χ3n) is 4.13. The molecule has 0 aromatic heterocycles. The molecule has 0 unspecified atom stereocenters. The molecule has 3 aromatic rings. The van der Waals surface area contributed by atoms with Crippen molar-refractivity contribution >= 4 is 16.6 Å². The van der Waals surface area contributed by atoms with E-state index >= 15 is 0 Å². The lowest BCUT2D eigenvalue weighted by atomic mass is 9.82. The SMILES string of the molecule is Cc1ccc2c(c1)C(=O)c1c(ccc3ccccc13)C2. The Labute approximate surface area is 117 Å². The Morgan fingerprint density at radius 1 is 0.900 bits per heavy atom. The Balaban J connectivity index is 2.04. The van der Waals surface area contributed by atoms with Crippen LogP contribution in [0.1, 0.15) is 32.6 Å². The van der Waals surface area contributed by atoms with Crippen LogP contribution in [0.3, 0.4) is 0 Å². The number of fused-ring (bicyclic) bond motifs is 4. The quantitative estimate of drug-likeness (QED) is 0.460. The van der Waals surface area contributed by atoms with Gasteiger partial charge >= 0.3 is 0 Å². The molecule has 1 nitrogen and oxygen atoms in total. The van der Waals surface area contributed by atoms with E-state index in [9.17, 15) is 4.79 Å². The molecule has 0 bridgehead atoms. The van der Waals surface area contributed by atoms with Gasteiger partial charge in [-0.1, -0.05) is 54.1 Å². The van der Waals surface area contributed by atoms with E-state index < -0.39 is 0 Å². The molecule has 0 N–H and O–H groups in total. The molecule has 0 saturated heterocycles. The molecular formula is C19H14O. The van der Waals surface area contributed by atoms with Gasteiger partial charge in [-0.25, -0.2) is 0 Å². The smallest absolute Gasteiger partial charge is 0.194 e. The molecule has 0 spiro atoms. The van der Waals surface area contributed by atoms with Crippen molar-refractivity contribution in [2.24, 2.45) is 0 Å². The van der Waals surface area contributed by atoms with Crippen LogP contribution in [0.25, 0.3) is 10.8 Å². The summed E-state index contributed by atoms with van der Waals surface area (Å²) in [7, 11) is 0. The van der Waals surface area contributed by atoms with Gasteiger partial charge in [-0.3, -0.25) is 4.79 Å². The van der Waals surface area contributed by atoms with Crippen LogP contribution in [0.15, 0.2) is 54.6 Å². The first-order chi connectivity index (χ1) is 9.74. The minimum absolute atomic E-state index is 0.168. The molecule has 3 aromatic carbocycles. The zero-order valence-electron chi connectivity index (χ0n) is 11.3. The van der Waals surface area contributed by atoms with Gasteiger partial charge in [-0.05, 0) is 41.3 Å². The maximum absolute atomic E-state index is 12.9. The van der Waals surface area contributed by atoms with E-state index in [0.717, 1.165) is 45.0 Å². The third kappa shape index (κ3) is 1.53. The molecule has 0 amide bonds. The molecule has 0 radical (unpaired) electrons. The fourth-order valence-electron chi connectivity index (χ4n) is 3.13. The molecule has 4 rings (SSSR count). The van der Waals surface area contributed by atoms with Crippen LogP contribution < -0.4 is 0 Å². The fourth-order valence-corrected chi connectivity index (χ4v) is 3.13. The van der Waals surface area contributed by atoms with Crippen molar-refractivity contribution < 1.29 is 4.79 Å². The Hall–Kier alpha value is -2.41. The summed E-state index contributed by atoms with van der Waals surface area (Å²) in [4.78, 5) is 12.9. The van der Waals surface area contributed by atoms with Gasteiger partial charge in [0.2, 0.25) is 0 Å². The fraction of sp³-hybridized carbons (Fsp3) is 0.105. The minimum atomic E-state index is 0.168. The number of ketones is 1. The number of carbonyl (C=O) groups is 1. The predicted molar refractivity (Wildman–Crippen MR) is 81.4 cm³/mol. The summed E-state index contributed by atoms with van der Waals surface area (Å²) < 4.78 is 0. The molecule has 20 heavy (non-hydrogen) atoms. The van der Waals surface area contributed by atoms with Crippen LogP contribution in [-0.4, -0.2) is 5.78 Å². The summed E-state index contributed by atoms with van der Waals surface area (Å²) in [5.74, 6) is 0.168. The zero-order chi connectivity index (χ0) is 13.7. The summed E-state index contributed by atoms with van der Waals surface area (Å²) in [6.45, 7) is 2.03. The molecule has 0 aliphatic heterocycles. The van der Waals surface area contributed by atoms with Crippen molar-refractivity contribution in [3.05, 3.63) is 82.4 Å². The molecule has 0 saturated carbocycles. The summed E-state index contributed by atoms with van der Waals surface area (Å²) in [6, 6.07) is 18.5. The first kappa shape index (κ1) is 11.4. The topological polar surface area (TPSA) is 17.1 Å². The second-order valence-corrected chi connectivity index (χ2v) is 5.49. The van der Waals surface area contributed by atoms with Crippen molar-refractivity contribution in [3.8, 4) is 0 Å². The average molecular weight is 258 g/mol. The third-order valence-corrected chi connectivity index (χ3v) is 4.13. The molecule has 96 valence electrons. The highest BCUT2D eigenvalue weighted by molar-refractivity contribution is 6.19. The first-order valence-electron chi connectivity index (χ1n) is 6.89. The van der Waals surface area contributed by atoms with E-state index in [1.807, 2.05) is 31.2 Å². The van der Waals surface area contributed by atoms with E-state index in [4.69, 9.17) is 0 Å². The number of carbonyl (C=O) groups excluding carboxylic acids is 1. The maximum Gasteiger partial charge on any atom is 0.194 e.